The van der Waals surface area contributed by atoms with Crippen molar-refractivity contribution in [3.8, 4) is 22.8 Å². The largest absolute Gasteiger partial charge is 0.466 e. The van der Waals surface area contributed by atoms with E-state index in [0.29, 0.717) is 24.4 Å². The number of rotatable bonds is 7. The molecule has 0 unspecified atom stereocenters. The number of carbonyl (C=O) groups is 1. The number of aryl methyl sites for hydroxylation is 1. The van der Waals surface area contributed by atoms with Crippen LogP contribution in [-0.2, 0) is 16.1 Å². The molecule has 1 saturated carbocycles. The zero-order valence-corrected chi connectivity index (χ0v) is 16.7. The summed E-state index contributed by atoms with van der Waals surface area (Å²) in [6.45, 7) is 5.10. The minimum atomic E-state index is -0.0694. The molecule has 1 N–H and O–H groups in total. The van der Waals surface area contributed by atoms with Crippen LogP contribution >= 0.6 is 0 Å². The Bertz CT molecular complexity index is 958. The summed E-state index contributed by atoms with van der Waals surface area (Å²) in [7, 11) is 0. The molecule has 29 heavy (non-hydrogen) atoms. The topological polar surface area (TPSA) is 77.2 Å². The zero-order valence-electron chi connectivity index (χ0n) is 16.7. The van der Waals surface area contributed by atoms with Crippen molar-refractivity contribution in [2.24, 2.45) is 5.92 Å². The summed E-state index contributed by atoms with van der Waals surface area (Å²) in [5.74, 6) is 1.08. The lowest BCUT2D eigenvalue weighted by Crippen LogP contribution is -2.44. The summed E-state index contributed by atoms with van der Waals surface area (Å²) in [5.41, 5.74) is 4.20. The molecule has 3 aromatic rings. The Morgan fingerprint density at radius 3 is 2.48 bits per heavy atom. The first-order chi connectivity index (χ1) is 14.1. The van der Waals surface area contributed by atoms with Gasteiger partial charge < -0.3 is 14.6 Å². The van der Waals surface area contributed by atoms with Crippen molar-refractivity contribution in [3.63, 3.8) is 0 Å². The van der Waals surface area contributed by atoms with Crippen molar-refractivity contribution < 1.29 is 14.1 Å². The van der Waals surface area contributed by atoms with Gasteiger partial charge in [-0.3, -0.25) is 4.79 Å². The second-order valence-corrected chi connectivity index (χ2v) is 7.48. The molecule has 1 fully saturated rings. The van der Waals surface area contributed by atoms with E-state index in [1.54, 1.807) is 0 Å². The summed E-state index contributed by atoms with van der Waals surface area (Å²) in [6, 6.07) is 16.5. The molecule has 0 radical (unpaired) electrons. The number of carbonyl (C=O) groups excluding carboxylic acids is 1. The van der Waals surface area contributed by atoms with Gasteiger partial charge in [0.15, 0.2) is 0 Å². The van der Waals surface area contributed by atoms with E-state index in [1.165, 1.54) is 11.1 Å². The van der Waals surface area contributed by atoms with Gasteiger partial charge in [-0.2, -0.15) is 4.98 Å². The maximum absolute atomic E-state index is 11.7. The average Bonchev–Trinajstić information content (AvgIpc) is 3.18. The Labute approximate surface area is 170 Å². The van der Waals surface area contributed by atoms with E-state index >= 15 is 0 Å². The molecule has 150 valence electrons. The van der Waals surface area contributed by atoms with E-state index in [2.05, 4.69) is 27.6 Å². The average molecular weight is 391 g/mol. The lowest BCUT2D eigenvalue weighted by atomic mass is 9.80. The SMILES string of the molecule is CCOC(=O)C1CC(NCc2ccc(-c3noc(-c4ccc(C)cc4)n3)cc2)C1. The van der Waals surface area contributed by atoms with Gasteiger partial charge in [-0.05, 0) is 44.4 Å². The second kappa shape index (κ2) is 8.57. The van der Waals surface area contributed by atoms with E-state index < -0.39 is 0 Å². The van der Waals surface area contributed by atoms with Crippen LogP contribution in [0.1, 0.15) is 30.9 Å². The highest BCUT2D eigenvalue weighted by atomic mass is 16.5. The molecule has 2 aromatic carbocycles. The van der Waals surface area contributed by atoms with Gasteiger partial charge in [0.05, 0.1) is 12.5 Å². The maximum atomic E-state index is 11.7. The van der Waals surface area contributed by atoms with Gasteiger partial charge in [0.1, 0.15) is 0 Å². The highest BCUT2D eigenvalue weighted by Gasteiger charge is 2.35. The highest BCUT2D eigenvalue weighted by molar-refractivity contribution is 5.73. The number of ether oxygens (including phenoxy) is 1. The fourth-order valence-corrected chi connectivity index (χ4v) is 3.43. The lowest BCUT2D eigenvalue weighted by molar-refractivity contribution is -0.151. The van der Waals surface area contributed by atoms with Crippen LogP contribution in [0.2, 0.25) is 0 Å². The van der Waals surface area contributed by atoms with Crippen LogP contribution < -0.4 is 5.32 Å². The van der Waals surface area contributed by atoms with Gasteiger partial charge in [0.2, 0.25) is 5.82 Å². The van der Waals surface area contributed by atoms with Gasteiger partial charge in [-0.25, -0.2) is 0 Å². The van der Waals surface area contributed by atoms with E-state index in [-0.39, 0.29) is 11.9 Å². The third-order valence-electron chi connectivity index (χ3n) is 5.29. The third-order valence-corrected chi connectivity index (χ3v) is 5.29. The normalized spacial score (nSPS) is 18.3. The predicted molar refractivity (Wildman–Crippen MR) is 110 cm³/mol. The minimum absolute atomic E-state index is 0.0517. The first-order valence-corrected chi connectivity index (χ1v) is 10.0. The van der Waals surface area contributed by atoms with Crippen molar-refractivity contribution >= 4 is 5.97 Å². The van der Waals surface area contributed by atoms with Crippen molar-refractivity contribution in [2.45, 2.75) is 39.3 Å². The number of benzene rings is 2. The molecule has 0 spiro atoms. The summed E-state index contributed by atoms with van der Waals surface area (Å²) in [5, 5.41) is 7.60. The summed E-state index contributed by atoms with van der Waals surface area (Å²) in [4.78, 5) is 16.2. The van der Waals surface area contributed by atoms with Gasteiger partial charge in [0.25, 0.3) is 5.89 Å². The Morgan fingerprint density at radius 1 is 1.10 bits per heavy atom. The van der Waals surface area contributed by atoms with Crippen LogP contribution in [0, 0.1) is 12.8 Å². The van der Waals surface area contributed by atoms with Crippen LogP contribution in [0.3, 0.4) is 0 Å². The molecule has 6 heteroatoms. The van der Waals surface area contributed by atoms with Gasteiger partial charge in [-0.15, -0.1) is 0 Å². The molecule has 1 aromatic heterocycles. The number of nitrogens with zero attached hydrogens (tertiary/aromatic N) is 2. The van der Waals surface area contributed by atoms with E-state index in [1.807, 2.05) is 50.2 Å². The molecular formula is C23H25N3O3. The van der Waals surface area contributed by atoms with E-state index in [9.17, 15) is 4.79 Å². The standard InChI is InChI=1S/C23H25N3O3/c1-3-28-23(27)19-12-20(13-19)24-14-16-6-10-17(11-7-16)21-25-22(29-26-21)18-8-4-15(2)5-9-18/h4-11,19-20,24H,3,12-14H2,1-2H3. The number of esters is 1. The third kappa shape index (κ3) is 4.54. The summed E-state index contributed by atoms with van der Waals surface area (Å²) in [6.07, 6.45) is 1.70. The monoisotopic (exact) mass is 391 g/mol. The van der Waals surface area contributed by atoms with Crippen LogP contribution in [0.4, 0.5) is 0 Å². The molecule has 0 amide bonds. The van der Waals surface area contributed by atoms with Crippen molar-refractivity contribution in [2.75, 3.05) is 6.61 Å². The zero-order chi connectivity index (χ0) is 20.2. The molecule has 0 bridgehead atoms. The number of aromatic nitrogens is 2. The molecule has 1 aliphatic rings. The molecule has 0 aliphatic heterocycles. The van der Waals surface area contributed by atoms with Crippen molar-refractivity contribution in [1.82, 2.24) is 15.5 Å². The van der Waals surface area contributed by atoms with Crippen molar-refractivity contribution in [3.05, 3.63) is 59.7 Å². The predicted octanol–water partition coefficient (Wildman–Crippen LogP) is 4.14. The summed E-state index contributed by atoms with van der Waals surface area (Å²) < 4.78 is 10.5. The molecule has 6 nitrogen and oxygen atoms in total. The van der Waals surface area contributed by atoms with Crippen LogP contribution in [0.25, 0.3) is 22.8 Å². The Hall–Kier alpha value is -2.99. The van der Waals surface area contributed by atoms with Gasteiger partial charge >= 0.3 is 5.97 Å². The number of hydrogen-bond acceptors (Lipinski definition) is 6. The Morgan fingerprint density at radius 2 is 1.79 bits per heavy atom. The highest BCUT2D eigenvalue weighted by Crippen LogP contribution is 2.29. The molecule has 1 aliphatic carbocycles. The fraction of sp³-hybridized carbons (Fsp3) is 0.348. The first kappa shape index (κ1) is 19.3. The van der Waals surface area contributed by atoms with Crippen molar-refractivity contribution in [1.29, 1.82) is 0 Å². The minimum Gasteiger partial charge on any atom is -0.466 e. The number of hydrogen-bond donors (Lipinski definition) is 1. The lowest BCUT2D eigenvalue weighted by Gasteiger charge is -2.34. The van der Waals surface area contributed by atoms with Crippen LogP contribution in [0.15, 0.2) is 53.1 Å². The molecular weight excluding hydrogens is 366 g/mol. The molecule has 0 atom stereocenters. The molecule has 1 heterocycles. The molecule has 4 rings (SSSR count). The molecule has 0 saturated heterocycles. The van der Waals surface area contributed by atoms with Crippen LogP contribution in [0.5, 0.6) is 0 Å². The fourth-order valence-electron chi connectivity index (χ4n) is 3.43. The first-order valence-electron chi connectivity index (χ1n) is 10.0. The quantitative estimate of drug-likeness (QED) is 0.610. The van der Waals surface area contributed by atoms with Crippen LogP contribution in [-0.4, -0.2) is 28.8 Å². The smallest absolute Gasteiger partial charge is 0.309 e. The maximum Gasteiger partial charge on any atom is 0.309 e. The summed E-state index contributed by atoms with van der Waals surface area (Å²) >= 11 is 0. The van der Waals surface area contributed by atoms with E-state index in [0.717, 1.165) is 30.5 Å². The Kier molecular flexibility index (Phi) is 5.71. The Balaban J connectivity index is 1.31. The van der Waals surface area contributed by atoms with Gasteiger partial charge in [0, 0.05) is 23.7 Å². The second-order valence-electron chi connectivity index (χ2n) is 7.48. The van der Waals surface area contributed by atoms with E-state index in [4.69, 9.17) is 9.26 Å². The van der Waals surface area contributed by atoms with Gasteiger partial charge in [-0.1, -0.05) is 47.1 Å². The number of nitrogens with one attached hydrogen (secondary N) is 1.